The van der Waals surface area contributed by atoms with Crippen LogP contribution in [-0.2, 0) is 0 Å². The van der Waals surface area contributed by atoms with Crippen LogP contribution in [-0.4, -0.2) is 17.6 Å². The molecule has 4 nitrogen and oxygen atoms in total. The molecule has 1 amide bonds. The Kier molecular flexibility index (Phi) is 5.39. The van der Waals surface area contributed by atoms with Crippen LogP contribution in [0.15, 0.2) is 42.5 Å². The second-order valence-corrected chi connectivity index (χ2v) is 5.22. The summed E-state index contributed by atoms with van der Waals surface area (Å²) in [5.41, 5.74) is 1.03. The Bertz CT molecular complexity index is 692. The number of halogens is 3. The molecule has 2 N–H and O–H groups in total. The lowest BCUT2D eigenvalue weighted by molar-refractivity contribution is -0.0498. The van der Waals surface area contributed by atoms with Crippen molar-refractivity contribution in [2.45, 2.75) is 19.6 Å². The van der Waals surface area contributed by atoms with E-state index in [1.807, 2.05) is 0 Å². The summed E-state index contributed by atoms with van der Waals surface area (Å²) in [7, 11) is 0. The number of amides is 1. The predicted molar refractivity (Wildman–Crippen MR) is 82.1 cm³/mol. The number of phenolic OH excluding ortho intramolecular Hbond substituents is 1. The van der Waals surface area contributed by atoms with Gasteiger partial charge in [0.05, 0.1) is 11.1 Å². The van der Waals surface area contributed by atoms with Gasteiger partial charge in [0.1, 0.15) is 11.5 Å². The Morgan fingerprint density at radius 3 is 2.43 bits per heavy atom. The maximum atomic E-state index is 12.1. The molecule has 0 aliphatic rings. The summed E-state index contributed by atoms with van der Waals surface area (Å²) in [6.07, 6.45) is 0. The number of hydrogen-bond acceptors (Lipinski definition) is 3. The number of nitrogens with one attached hydrogen (secondary N) is 1. The molecule has 2 aromatic rings. The summed E-state index contributed by atoms with van der Waals surface area (Å²) < 4.78 is 28.4. The van der Waals surface area contributed by atoms with Crippen molar-refractivity contribution in [1.29, 1.82) is 0 Å². The van der Waals surface area contributed by atoms with Crippen LogP contribution < -0.4 is 10.1 Å². The van der Waals surface area contributed by atoms with Crippen molar-refractivity contribution >= 4 is 17.5 Å². The third kappa shape index (κ3) is 4.56. The smallest absolute Gasteiger partial charge is 0.387 e. The van der Waals surface area contributed by atoms with Crippen molar-refractivity contribution in [2.75, 3.05) is 0 Å². The van der Waals surface area contributed by atoms with Crippen molar-refractivity contribution in [3.8, 4) is 11.5 Å². The van der Waals surface area contributed by atoms with Gasteiger partial charge in [-0.25, -0.2) is 0 Å². The Balaban J connectivity index is 2.04. The molecule has 0 aromatic heterocycles. The van der Waals surface area contributed by atoms with E-state index in [9.17, 15) is 18.7 Å². The number of benzene rings is 2. The molecule has 0 aliphatic carbocycles. The number of aromatic hydroxyl groups is 1. The van der Waals surface area contributed by atoms with Crippen molar-refractivity contribution in [3.63, 3.8) is 0 Å². The number of rotatable bonds is 5. The average Bonchev–Trinajstić information content (AvgIpc) is 2.50. The van der Waals surface area contributed by atoms with Crippen LogP contribution in [0, 0.1) is 0 Å². The molecule has 2 aromatic carbocycles. The van der Waals surface area contributed by atoms with E-state index >= 15 is 0 Å². The molecule has 0 saturated heterocycles. The van der Waals surface area contributed by atoms with Gasteiger partial charge in [0.15, 0.2) is 0 Å². The Hall–Kier alpha value is -2.34. The molecule has 0 spiro atoms. The Morgan fingerprint density at radius 2 is 1.87 bits per heavy atom. The summed E-state index contributed by atoms with van der Waals surface area (Å²) in [6, 6.07) is 9.78. The summed E-state index contributed by atoms with van der Waals surface area (Å²) >= 11 is 5.77. The molecule has 122 valence electrons. The number of carbonyl (C=O) groups is 1. The quantitative estimate of drug-likeness (QED) is 0.859. The van der Waals surface area contributed by atoms with Crippen molar-refractivity contribution in [3.05, 3.63) is 58.6 Å². The number of carbonyl (C=O) groups excluding carboxylic acids is 1. The molecular weight excluding hydrogens is 328 g/mol. The number of alkyl halides is 2. The van der Waals surface area contributed by atoms with Gasteiger partial charge in [0, 0.05) is 5.56 Å². The Morgan fingerprint density at radius 1 is 1.22 bits per heavy atom. The highest BCUT2D eigenvalue weighted by Crippen LogP contribution is 2.24. The fourth-order valence-corrected chi connectivity index (χ4v) is 2.13. The minimum absolute atomic E-state index is 0.0487. The van der Waals surface area contributed by atoms with Crippen molar-refractivity contribution in [1.82, 2.24) is 5.32 Å². The molecule has 0 radical (unpaired) electrons. The highest BCUT2D eigenvalue weighted by atomic mass is 35.5. The van der Waals surface area contributed by atoms with Gasteiger partial charge in [0.25, 0.3) is 5.91 Å². The van der Waals surface area contributed by atoms with E-state index < -0.39 is 6.61 Å². The summed E-state index contributed by atoms with van der Waals surface area (Å²) in [6.45, 7) is -1.12. The summed E-state index contributed by atoms with van der Waals surface area (Å²) in [4.78, 5) is 12.1. The minimum atomic E-state index is -2.88. The highest BCUT2D eigenvalue weighted by Gasteiger charge is 2.13. The van der Waals surface area contributed by atoms with E-state index in [1.54, 1.807) is 19.1 Å². The molecule has 1 atom stereocenters. The van der Waals surface area contributed by atoms with E-state index in [-0.39, 0.29) is 28.5 Å². The number of phenols is 1. The fraction of sp³-hybridized carbons (Fsp3) is 0.188. The van der Waals surface area contributed by atoms with Gasteiger partial charge < -0.3 is 15.2 Å². The number of hydrogen-bond donors (Lipinski definition) is 2. The lowest BCUT2D eigenvalue weighted by Gasteiger charge is -2.15. The first-order valence-electron chi connectivity index (χ1n) is 6.71. The SMILES string of the molecule is CC(NC(=O)c1ccc(O)c(Cl)c1)c1ccc(OC(F)F)cc1. The zero-order valence-corrected chi connectivity index (χ0v) is 12.8. The average molecular weight is 342 g/mol. The third-order valence-electron chi connectivity index (χ3n) is 3.16. The topological polar surface area (TPSA) is 58.6 Å². The monoisotopic (exact) mass is 341 g/mol. The first-order chi connectivity index (χ1) is 10.9. The van der Waals surface area contributed by atoms with E-state index in [0.717, 1.165) is 5.56 Å². The molecule has 0 saturated carbocycles. The zero-order chi connectivity index (χ0) is 17.0. The lowest BCUT2D eigenvalue weighted by atomic mass is 10.1. The molecule has 0 aliphatic heterocycles. The standard InChI is InChI=1S/C16H14ClF2NO3/c1-9(10-2-5-12(6-3-10)23-16(18)19)20-15(22)11-4-7-14(21)13(17)8-11/h2-9,16,21H,1H3,(H,20,22). The predicted octanol–water partition coefficient (Wildman–Crippen LogP) is 4.14. The van der Waals surface area contributed by atoms with Crippen molar-refractivity contribution < 1.29 is 23.4 Å². The molecular formula is C16H14ClF2NO3. The first kappa shape index (κ1) is 17.0. The van der Waals surface area contributed by atoms with Crippen molar-refractivity contribution in [2.24, 2.45) is 0 Å². The molecule has 0 fully saturated rings. The second-order valence-electron chi connectivity index (χ2n) is 4.81. The zero-order valence-electron chi connectivity index (χ0n) is 12.1. The number of ether oxygens (including phenoxy) is 1. The van der Waals surface area contributed by atoms with E-state index in [2.05, 4.69) is 10.1 Å². The Labute approximate surface area is 136 Å². The van der Waals surface area contributed by atoms with Gasteiger partial charge in [-0.05, 0) is 42.8 Å². The summed E-state index contributed by atoms with van der Waals surface area (Å²) in [5.74, 6) is -0.425. The van der Waals surface area contributed by atoms with Gasteiger partial charge in [0.2, 0.25) is 0 Å². The summed E-state index contributed by atoms with van der Waals surface area (Å²) in [5, 5.41) is 12.2. The van der Waals surface area contributed by atoms with Crippen LogP contribution in [0.5, 0.6) is 11.5 Å². The van der Waals surface area contributed by atoms with Crippen LogP contribution in [0.2, 0.25) is 5.02 Å². The lowest BCUT2D eigenvalue weighted by Crippen LogP contribution is -2.26. The molecule has 0 bridgehead atoms. The molecule has 2 rings (SSSR count). The minimum Gasteiger partial charge on any atom is -0.506 e. The van der Waals surface area contributed by atoms with Gasteiger partial charge in [-0.2, -0.15) is 8.78 Å². The van der Waals surface area contributed by atoms with Gasteiger partial charge in [-0.15, -0.1) is 0 Å². The maximum absolute atomic E-state index is 12.1. The van der Waals surface area contributed by atoms with Crippen LogP contribution in [0.25, 0.3) is 0 Å². The second kappa shape index (κ2) is 7.28. The molecule has 7 heteroatoms. The van der Waals surface area contributed by atoms with Gasteiger partial charge in [-0.3, -0.25) is 4.79 Å². The van der Waals surface area contributed by atoms with Gasteiger partial charge in [-0.1, -0.05) is 23.7 Å². The molecule has 0 heterocycles. The van der Waals surface area contributed by atoms with Crippen LogP contribution in [0.1, 0.15) is 28.9 Å². The maximum Gasteiger partial charge on any atom is 0.387 e. The highest BCUT2D eigenvalue weighted by molar-refractivity contribution is 6.32. The molecule has 23 heavy (non-hydrogen) atoms. The van der Waals surface area contributed by atoms with Crippen LogP contribution in [0.4, 0.5) is 8.78 Å². The van der Waals surface area contributed by atoms with E-state index in [0.29, 0.717) is 5.56 Å². The third-order valence-corrected chi connectivity index (χ3v) is 3.47. The van der Waals surface area contributed by atoms with Crippen LogP contribution >= 0.6 is 11.6 Å². The van der Waals surface area contributed by atoms with Crippen LogP contribution in [0.3, 0.4) is 0 Å². The fourth-order valence-electron chi connectivity index (χ4n) is 1.95. The largest absolute Gasteiger partial charge is 0.506 e. The molecule has 1 unspecified atom stereocenters. The first-order valence-corrected chi connectivity index (χ1v) is 7.09. The normalized spacial score (nSPS) is 12.0. The van der Waals surface area contributed by atoms with Gasteiger partial charge >= 0.3 is 6.61 Å². The van der Waals surface area contributed by atoms with E-state index in [4.69, 9.17) is 11.6 Å². The van der Waals surface area contributed by atoms with E-state index in [1.165, 1.54) is 30.3 Å².